The third-order valence-electron chi connectivity index (χ3n) is 9.02. The molecule has 31 heavy (non-hydrogen) atoms. The van der Waals surface area contributed by atoms with Gasteiger partial charge < -0.3 is 0 Å². The summed E-state index contributed by atoms with van der Waals surface area (Å²) in [4.78, 5) is 0. The van der Waals surface area contributed by atoms with E-state index < -0.39 is 0 Å². The Morgan fingerprint density at radius 3 is 2.00 bits per heavy atom. The van der Waals surface area contributed by atoms with Gasteiger partial charge in [-0.2, -0.15) is 0 Å². The Hall–Kier alpha value is -1.48. The molecule has 0 aliphatic heterocycles. The van der Waals surface area contributed by atoms with Crippen molar-refractivity contribution in [3.8, 4) is 11.8 Å². The van der Waals surface area contributed by atoms with Crippen LogP contribution in [0.5, 0.6) is 0 Å². The van der Waals surface area contributed by atoms with E-state index in [1.807, 2.05) is 0 Å². The first-order valence-corrected chi connectivity index (χ1v) is 13.5. The van der Waals surface area contributed by atoms with Gasteiger partial charge in [0.25, 0.3) is 0 Å². The summed E-state index contributed by atoms with van der Waals surface area (Å²) in [6, 6.07) is 9.13. The minimum atomic E-state index is 0.758. The molecule has 168 valence electrons. The third-order valence-corrected chi connectivity index (χ3v) is 9.02. The van der Waals surface area contributed by atoms with Crippen molar-refractivity contribution in [2.75, 3.05) is 0 Å². The second kappa shape index (κ2) is 11.4. The number of hydrogen-bond acceptors (Lipinski definition) is 0. The number of benzene rings is 1. The van der Waals surface area contributed by atoms with Crippen LogP contribution in [0, 0.1) is 41.4 Å². The van der Waals surface area contributed by atoms with Crippen LogP contribution in [0.1, 0.15) is 114 Å². The van der Waals surface area contributed by atoms with Gasteiger partial charge in [0.1, 0.15) is 0 Å². The van der Waals surface area contributed by atoms with Crippen LogP contribution < -0.4 is 0 Å². The zero-order valence-electron chi connectivity index (χ0n) is 20.1. The first-order valence-electron chi connectivity index (χ1n) is 13.5. The highest BCUT2D eigenvalue weighted by Crippen LogP contribution is 2.41. The molecule has 4 rings (SSSR count). The summed E-state index contributed by atoms with van der Waals surface area (Å²) in [5.74, 6) is 12.2. The minimum Gasteiger partial charge on any atom is -0.0730 e. The lowest BCUT2D eigenvalue weighted by Crippen LogP contribution is -2.24. The maximum absolute atomic E-state index is 3.36. The number of rotatable bonds is 4. The predicted octanol–water partition coefficient (Wildman–Crippen LogP) is 8.91. The average Bonchev–Trinajstić information content (AvgIpc) is 2.83. The first-order chi connectivity index (χ1) is 15.2. The molecule has 1 aromatic carbocycles. The highest BCUT2D eigenvalue weighted by atomic mass is 14.3. The molecule has 0 heteroatoms. The standard InChI is InChI=1S/C31H44/c1-3-25-10-18-29(19-11-25)31-22-14-27(15-23-31)7-5-4-6-26-12-20-30(21-13-26)28-16-8-24(2)9-17-28/h4,6,14-15,22-26,28-30H,3,8-13,16-21H2,1-2H3/b6-4+. The molecule has 3 aliphatic carbocycles. The molecule has 0 N–H and O–H groups in total. The van der Waals surface area contributed by atoms with Gasteiger partial charge >= 0.3 is 0 Å². The largest absolute Gasteiger partial charge is 0.0730 e. The van der Waals surface area contributed by atoms with E-state index >= 15 is 0 Å². The summed E-state index contributed by atoms with van der Waals surface area (Å²) < 4.78 is 0. The van der Waals surface area contributed by atoms with Crippen molar-refractivity contribution in [2.45, 2.75) is 103 Å². The van der Waals surface area contributed by atoms with Crippen LogP contribution in [0.3, 0.4) is 0 Å². The van der Waals surface area contributed by atoms with Crippen LogP contribution in [0.25, 0.3) is 0 Å². The average molecular weight is 417 g/mol. The van der Waals surface area contributed by atoms with Crippen LogP contribution in [0.2, 0.25) is 0 Å². The van der Waals surface area contributed by atoms with Crippen LogP contribution in [-0.4, -0.2) is 0 Å². The van der Waals surface area contributed by atoms with Crippen molar-refractivity contribution in [3.05, 3.63) is 47.5 Å². The summed E-state index contributed by atoms with van der Waals surface area (Å²) in [5, 5.41) is 0. The normalized spacial score (nSPS) is 34.3. The Morgan fingerprint density at radius 1 is 0.774 bits per heavy atom. The maximum Gasteiger partial charge on any atom is 0.0249 e. The van der Waals surface area contributed by atoms with Gasteiger partial charge in [-0.05, 0) is 123 Å². The molecule has 3 aliphatic rings. The molecule has 0 amide bonds. The van der Waals surface area contributed by atoms with Crippen LogP contribution in [0.15, 0.2) is 36.4 Å². The quantitative estimate of drug-likeness (QED) is 0.430. The second-order valence-corrected chi connectivity index (χ2v) is 11.1. The van der Waals surface area contributed by atoms with Crippen LogP contribution in [0.4, 0.5) is 0 Å². The SMILES string of the molecule is CCC1CCC(c2ccc(C#C/C=C/C3CCC(C4CCC(C)CC4)CC3)cc2)CC1. The van der Waals surface area contributed by atoms with Crippen LogP contribution in [-0.2, 0) is 0 Å². The number of hydrogen-bond donors (Lipinski definition) is 0. The molecule has 0 nitrogen and oxygen atoms in total. The lowest BCUT2D eigenvalue weighted by atomic mass is 9.69. The molecular formula is C31H44. The lowest BCUT2D eigenvalue weighted by molar-refractivity contribution is 0.160. The molecule has 0 bridgehead atoms. The molecule has 3 saturated carbocycles. The second-order valence-electron chi connectivity index (χ2n) is 11.1. The predicted molar refractivity (Wildman–Crippen MR) is 134 cm³/mol. The molecule has 0 radical (unpaired) electrons. The van der Waals surface area contributed by atoms with Crippen molar-refractivity contribution in [1.29, 1.82) is 0 Å². The van der Waals surface area contributed by atoms with Crippen molar-refractivity contribution in [2.24, 2.45) is 29.6 Å². The van der Waals surface area contributed by atoms with Gasteiger partial charge in [-0.1, -0.05) is 63.2 Å². The van der Waals surface area contributed by atoms with Gasteiger partial charge in [-0.25, -0.2) is 0 Å². The van der Waals surface area contributed by atoms with E-state index in [1.165, 1.54) is 89.0 Å². The monoisotopic (exact) mass is 416 g/mol. The molecular weight excluding hydrogens is 372 g/mol. The Balaban J connectivity index is 1.20. The molecule has 0 atom stereocenters. The topological polar surface area (TPSA) is 0 Å². The highest BCUT2D eigenvalue weighted by molar-refractivity contribution is 5.39. The fraction of sp³-hybridized carbons (Fsp3) is 0.677. The Kier molecular flexibility index (Phi) is 8.35. The maximum atomic E-state index is 3.36. The number of allylic oxidation sites excluding steroid dienone is 2. The molecule has 1 aromatic rings. The molecule has 0 unspecified atom stereocenters. The van der Waals surface area contributed by atoms with E-state index in [4.69, 9.17) is 0 Å². The van der Waals surface area contributed by atoms with E-state index in [2.05, 4.69) is 62.1 Å². The molecule has 0 saturated heterocycles. The summed E-state index contributed by atoms with van der Waals surface area (Å²) in [6.07, 6.45) is 23.0. The zero-order valence-corrected chi connectivity index (χ0v) is 20.1. The van der Waals surface area contributed by atoms with Gasteiger partial charge in [0.2, 0.25) is 0 Å². The summed E-state index contributed by atoms with van der Waals surface area (Å²) in [6.45, 7) is 4.78. The van der Waals surface area contributed by atoms with E-state index in [0.717, 1.165) is 41.1 Å². The Bertz CT molecular complexity index is 733. The van der Waals surface area contributed by atoms with Crippen molar-refractivity contribution >= 4 is 0 Å². The van der Waals surface area contributed by atoms with E-state index in [-0.39, 0.29) is 0 Å². The summed E-state index contributed by atoms with van der Waals surface area (Å²) in [5.41, 5.74) is 2.69. The van der Waals surface area contributed by atoms with Gasteiger partial charge in [0.15, 0.2) is 0 Å². The van der Waals surface area contributed by atoms with Crippen molar-refractivity contribution < 1.29 is 0 Å². The zero-order chi connectivity index (χ0) is 21.5. The molecule has 0 aromatic heterocycles. The Morgan fingerprint density at radius 2 is 1.39 bits per heavy atom. The van der Waals surface area contributed by atoms with Gasteiger partial charge in [-0.3, -0.25) is 0 Å². The minimum absolute atomic E-state index is 0.758. The lowest BCUT2D eigenvalue weighted by Gasteiger charge is -2.36. The van der Waals surface area contributed by atoms with Crippen molar-refractivity contribution in [3.63, 3.8) is 0 Å². The molecule has 3 fully saturated rings. The smallest absolute Gasteiger partial charge is 0.0249 e. The summed E-state index contributed by atoms with van der Waals surface area (Å²) >= 11 is 0. The highest BCUT2D eigenvalue weighted by Gasteiger charge is 2.29. The summed E-state index contributed by atoms with van der Waals surface area (Å²) in [7, 11) is 0. The van der Waals surface area contributed by atoms with Gasteiger partial charge in [0.05, 0.1) is 0 Å². The van der Waals surface area contributed by atoms with E-state index in [0.29, 0.717) is 0 Å². The molecule has 0 heterocycles. The molecule has 0 spiro atoms. The first kappa shape index (κ1) is 22.7. The Labute approximate surface area is 192 Å². The van der Waals surface area contributed by atoms with E-state index in [9.17, 15) is 0 Å². The van der Waals surface area contributed by atoms with Crippen LogP contribution >= 0.6 is 0 Å². The third kappa shape index (κ3) is 6.51. The van der Waals surface area contributed by atoms with Gasteiger partial charge in [-0.15, -0.1) is 0 Å². The fourth-order valence-electron chi connectivity index (χ4n) is 6.62. The van der Waals surface area contributed by atoms with Gasteiger partial charge in [0, 0.05) is 5.56 Å². The van der Waals surface area contributed by atoms with Crippen molar-refractivity contribution in [1.82, 2.24) is 0 Å². The fourth-order valence-corrected chi connectivity index (χ4v) is 6.62. The van der Waals surface area contributed by atoms with E-state index in [1.54, 1.807) is 0 Å².